The number of benzene rings is 2. The molecule has 0 atom stereocenters. The van der Waals surface area contributed by atoms with Crippen molar-refractivity contribution in [3.63, 3.8) is 0 Å². The van der Waals surface area contributed by atoms with Crippen LogP contribution in [0.25, 0.3) is 28.3 Å². The quantitative estimate of drug-likeness (QED) is 0.348. The van der Waals surface area contributed by atoms with Crippen LogP contribution >= 0.6 is 0 Å². The van der Waals surface area contributed by atoms with E-state index in [1.54, 1.807) is 11.5 Å². The summed E-state index contributed by atoms with van der Waals surface area (Å²) in [6.07, 6.45) is 0. The molecule has 2 heterocycles. The smallest absolute Gasteiger partial charge is 0.438 e. The van der Waals surface area contributed by atoms with E-state index >= 15 is 0 Å². The van der Waals surface area contributed by atoms with E-state index in [2.05, 4.69) is 16.0 Å². The van der Waals surface area contributed by atoms with Crippen LogP contribution in [0.4, 0.5) is 0 Å². The lowest BCUT2D eigenvalue weighted by Gasteiger charge is -2.14. The number of hydrogen-bond acceptors (Lipinski definition) is 4. The maximum absolute atomic E-state index is 13.1. The molecule has 2 aromatic heterocycles. The van der Waals surface area contributed by atoms with E-state index in [9.17, 15) is 4.79 Å². The second-order valence-corrected chi connectivity index (χ2v) is 7.25. The van der Waals surface area contributed by atoms with Gasteiger partial charge < -0.3 is 4.74 Å². The lowest BCUT2D eigenvalue weighted by Crippen LogP contribution is -2.43. The Morgan fingerprint density at radius 1 is 0.806 bits per heavy atom. The molecule has 0 saturated heterocycles. The Morgan fingerprint density at radius 2 is 1.39 bits per heavy atom. The first-order valence-corrected chi connectivity index (χ1v) is 10.3. The predicted octanol–water partition coefficient (Wildman–Crippen LogP) is 4.88. The summed E-state index contributed by atoms with van der Waals surface area (Å²) < 4.78 is 7.21. The van der Waals surface area contributed by atoms with Crippen molar-refractivity contribution in [3.8, 4) is 28.3 Å². The first kappa shape index (κ1) is 20.4. The van der Waals surface area contributed by atoms with E-state index < -0.39 is 5.97 Å². The molecule has 0 spiro atoms. The summed E-state index contributed by atoms with van der Waals surface area (Å²) in [4.78, 5) is 22.4. The van der Waals surface area contributed by atoms with Crippen molar-refractivity contribution in [2.75, 3.05) is 6.61 Å². The van der Waals surface area contributed by atoms with Gasteiger partial charge in [-0.15, -0.1) is 0 Å². The molecule has 5 nitrogen and oxygen atoms in total. The largest absolute Gasteiger partial charge is 0.460 e. The predicted molar refractivity (Wildman–Crippen MR) is 120 cm³/mol. The molecule has 5 heteroatoms. The van der Waals surface area contributed by atoms with E-state index in [4.69, 9.17) is 4.74 Å². The zero-order valence-corrected chi connectivity index (χ0v) is 17.9. The molecule has 4 aromatic rings. The van der Waals surface area contributed by atoms with Crippen LogP contribution in [0.1, 0.15) is 28.8 Å². The Labute approximate surface area is 182 Å². The highest BCUT2D eigenvalue weighted by molar-refractivity contribution is 5.88. The molecule has 0 saturated carbocycles. The number of ether oxygens (including phenoxy) is 1. The van der Waals surface area contributed by atoms with E-state index in [1.165, 1.54) is 0 Å². The molecule has 0 aliphatic carbocycles. The van der Waals surface area contributed by atoms with Crippen molar-refractivity contribution < 1.29 is 14.1 Å². The summed E-state index contributed by atoms with van der Waals surface area (Å²) >= 11 is 0. The standard InChI is InChI=1S/C26H24N3O2/c1-4-31-25(30)24-17-22(20-11-7-5-8-12-20)16-23(21-13-9-6-10-14-21)29(24)26-27-18(2)15-19(3)28-26/h5-17H,4H2,1-3H3/q+1. The SMILES string of the molecule is CCOC(=O)c1cc(-c2ccccc2)cc(-c2ccccc2)[n+]1-c1nc(C)cc(C)n1. The van der Waals surface area contributed by atoms with Gasteiger partial charge in [-0.2, -0.15) is 4.57 Å². The molecule has 0 radical (unpaired) electrons. The molecule has 0 aliphatic heterocycles. The number of nitrogens with zero attached hydrogens (tertiary/aromatic N) is 3. The number of rotatable bonds is 5. The molecule has 31 heavy (non-hydrogen) atoms. The molecule has 0 bridgehead atoms. The molecular weight excluding hydrogens is 386 g/mol. The van der Waals surface area contributed by atoms with Gasteiger partial charge in [0, 0.05) is 11.6 Å². The maximum Gasteiger partial charge on any atom is 0.438 e. The van der Waals surface area contributed by atoms with Crippen LogP contribution in [0.5, 0.6) is 0 Å². The molecule has 0 unspecified atom stereocenters. The number of esters is 1. The zero-order chi connectivity index (χ0) is 21.8. The number of carbonyl (C=O) groups excluding carboxylic acids is 1. The fourth-order valence-electron chi connectivity index (χ4n) is 3.59. The first-order chi connectivity index (χ1) is 15.1. The molecule has 0 aliphatic rings. The average molecular weight is 410 g/mol. The second-order valence-electron chi connectivity index (χ2n) is 7.25. The molecule has 154 valence electrons. The van der Waals surface area contributed by atoms with Gasteiger partial charge in [0.15, 0.2) is 5.69 Å². The minimum absolute atomic E-state index is 0.281. The van der Waals surface area contributed by atoms with Crippen molar-refractivity contribution in [1.82, 2.24) is 9.97 Å². The lowest BCUT2D eigenvalue weighted by molar-refractivity contribution is -0.595. The fraction of sp³-hybridized carbons (Fsp3) is 0.154. The molecule has 4 rings (SSSR count). The average Bonchev–Trinajstić information content (AvgIpc) is 2.79. The number of hydrogen-bond donors (Lipinski definition) is 0. The third-order valence-corrected chi connectivity index (χ3v) is 4.90. The number of pyridine rings is 1. The summed E-state index contributed by atoms with van der Waals surface area (Å²) in [5.41, 5.74) is 5.74. The van der Waals surface area contributed by atoms with Crippen molar-refractivity contribution in [3.05, 3.63) is 95.9 Å². The Kier molecular flexibility index (Phi) is 5.85. The van der Waals surface area contributed by atoms with Gasteiger partial charge in [0.1, 0.15) is 17.1 Å². The minimum Gasteiger partial charge on any atom is -0.460 e. The Morgan fingerprint density at radius 3 is 1.97 bits per heavy atom. The van der Waals surface area contributed by atoms with Crippen LogP contribution in [-0.4, -0.2) is 22.5 Å². The highest BCUT2D eigenvalue weighted by Gasteiger charge is 2.27. The molecule has 0 fully saturated rings. The number of aryl methyl sites for hydroxylation is 2. The van der Waals surface area contributed by atoms with Crippen LogP contribution in [0.15, 0.2) is 78.9 Å². The van der Waals surface area contributed by atoms with Gasteiger partial charge in [-0.1, -0.05) is 70.6 Å². The van der Waals surface area contributed by atoms with Gasteiger partial charge in [-0.25, -0.2) is 4.79 Å². The van der Waals surface area contributed by atoms with Crippen molar-refractivity contribution in [2.24, 2.45) is 0 Å². The van der Waals surface area contributed by atoms with Gasteiger partial charge in [-0.05, 0) is 44.0 Å². The van der Waals surface area contributed by atoms with Gasteiger partial charge in [0.25, 0.3) is 0 Å². The van der Waals surface area contributed by atoms with Crippen LogP contribution in [-0.2, 0) is 4.74 Å². The highest BCUT2D eigenvalue weighted by Crippen LogP contribution is 2.26. The maximum atomic E-state index is 13.1. The Balaban J connectivity index is 2.08. The van der Waals surface area contributed by atoms with Crippen LogP contribution in [0.3, 0.4) is 0 Å². The number of aromatic nitrogens is 3. The summed E-state index contributed by atoms with van der Waals surface area (Å²) in [5.74, 6) is 0.0271. The normalized spacial score (nSPS) is 10.7. The third kappa shape index (κ3) is 4.36. The lowest BCUT2D eigenvalue weighted by atomic mass is 10.0. The molecule has 2 aromatic carbocycles. The second kappa shape index (κ2) is 8.88. The van der Waals surface area contributed by atoms with Gasteiger partial charge in [0.05, 0.1) is 6.61 Å². The van der Waals surface area contributed by atoms with E-state index in [0.717, 1.165) is 33.8 Å². The van der Waals surface area contributed by atoms with Crippen LogP contribution in [0, 0.1) is 13.8 Å². The summed E-state index contributed by atoms with van der Waals surface area (Å²) in [7, 11) is 0. The van der Waals surface area contributed by atoms with Gasteiger partial charge in [-0.3, -0.25) is 0 Å². The Bertz CT molecular complexity index is 1200. The Hall–Kier alpha value is -3.86. The molecule has 0 N–H and O–H groups in total. The highest BCUT2D eigenvalue weighted by atomic mass is 16.5. The summed E-state index contributed by atoms with van der Waals surface area (Å²) in [6, 6.07) is 25.7. The van der Waals surface area contributed by atoms with Crippen molar-refractivity contribution in [2.45, 2.75) is 20.8 Å². The van der Waals surface area contributed by atoms with Gasteiger partial charge in [0.2, 0.25) is 0 Å². The summed E-state index contributed by atoms with van der Waals surface area (Å²) in [6.45, 7) is 5.92. The van der Waals surface area contributed by atoms with E-state index in [-0.39, 0.29) is 6.61 Å². The monoisotopic (exact) mass is 410 g/mol. The number of carbonyl (C=O) groups is 1. The third-order valence-electron chi connectivity index (χ3n) is 4.90. The zero-order valence-electron chi connectivity index (χ0n) is 17.9. The van der Waals surface area contributed by atoms with Gasteiger partial charge >= 0.3 is 11.9 Å². The minimum atomic E-state index is -0.416. The van der Waals surface area contributed by atoms with Crippen molar-refractivity contribution in [1.29, 1.82) is 0 Å². The summed E-state index contributed by atoms with van der Waals surface area (Å²) in [5, 5.41) is 0. The van der Waals surface area contributed by atoms with E-state index in [0.29, 0.717) is 11.6 Å². The van der Waals surface area contributed by atoms with E-state index in [1.807, 2.05) is 86.6 Å². The molecule has 0 amide bonds. The molecular formula is C26H24N3O2+. The fourth-order valence-corrected chi connectivity index (χ4v) is 3.59. The first-order valence-electron chi connectivity index (χ1n) is 10.3. The van der Waals surface area contributed by atoms with Crippen LogP contribution in [0.2, 0.25) is 0 Å². The van der Waals surface area contributed by atoms with Crippen LogP contribution < -0.4 is 4.57 Å². The topological polar surface area (TPSA) is 56.0 Å². The van der Waals surface area contributed by atoms with Crippen molar-refractivity contribution >= 4 is 5.97 Å².